The number of nitrogens with one attached hydrogen (secondary N) is 4. The van der Waals surface area contributed by atoms with Gasteiger partial charge < -0.3 is 21.4 Å². The molecule has 0 fully saturated rings. The summed E-state index contributed by atoms with van der Waals surface area (Å²) in [5.74, 6) is -0.771. The van der Waals surface area contributed by atoms with Crippen molar-refractivity contribution in [1.29, 1.82) is 0 Å². The molecule has 0 saturated carbocycles. The van der Waals surface area contributed by atoms with Crippen LogP contribution < -0.4 is 27.2 Å². The van der Waals surface area contributed by atoms with Gasteiger partial charge in [-0.3, -0.25) is 10.1 Å². The Morgan fingerprint density at radius 3 is 2.57 bits per heavy atom. The molecule has 0 spiro atoms. The highest BCUT2D eigenvalue weighted by Gasteiger charge is 2.33. The lowest BCUT2D eigenvalue weighted by Crippen LogP contribution is -2.23. The summed E-state index contributed by atoms with van der Waals surface area (Å²) in [7, 11) is 0. The van der Waals surface area contributed by atoms with Crippen molar-refractivity contribution in [2.24, 2.45) is 5.73 Å². The smallest absolute Gasteiger partial charge is 0.331 e. The van der Waals surface area contributed by atoms with Crippen LogP contribution in [0, 0.1) is 5.82 Å². The molecule has 1 aromatic heterocycles. The number of anilines is 2. The van der Waals surface area contributed by atoms with Crippen LogP contribution in [0.4, 0.5) is 34.0 Å². The van der Waals surface area contributed by atoms with E-state index >= 15 is 0 Å². The number of benzene rings is 2. The van der Waals surface area contributed by atoms with Crippen molar-refractivity contribution in [3.8, 4) is 11.1 Å². The predicted octanol–water partition coefficient (Wildman–Crippen LogP) is 4.33. The largest absolute Gasteiger partial charge is 0.417 e. The Labute approximate surface area is 201 Å². The number of nitrogens with two attached hydrogens (primary N) is 1. The highest BCUT2D eigenvalue weighted by molar-refractivity contribution is 6.31. The van der Waals surface area contributed by atoms with Crippen molar-refractivity contribution in [1.82, 2.24) is 15.3 Å². The molecule has 1 heterocycles. The molecule has 0 atom stereocenters. The van der Waals surface area contributed by atoms with E-state index in [2.05, 4.69) is 25.9 Å². The van der Waals surface area contributed by atoms with Crippen molar-refractivity contribution < 1.29 is 22.4 Å². The lowest BCUT2D eigenvalue weighted by molar-refractivity contribution is -0.137. The zero-order chi connectivity index (χ0) is 25.6. The van der Waals surface area contributed by atoms with Gasteiger partial charge in [0.2, 0.25) is 5.95 Å². The number of rotatable bonds is 8. The van der Waals surface area contributed by atoms with Gasteiger partial charge in [0.25, 0.3) is 5.56 Å². The van der Waals surface area contributed by atoms with Crippen LogP contribution in [0.5, 0.6) is 0 Å². The molecule has 0 unspecified atom stereocenters. The van der Waals surface area contributed by atoms with Crippen LogP contribution in [0.15, 0.2) is 47.4 Å². The lowest BCUT2D eigenvalue weighted by atomic mass is 10.1. The first-order valence-corrected chi connectivity index (χ1v) is 10.7. The molecule has 0 radical (unpaired) electrons. The maximum Gasteiger partial charge on any atom is 0.417 e. The Morgan fingerprint density at radius 2 is 1.91 bits per heavy atom. The molecule has 0 aliphatic heterocycles. The summed E-state index contributed by atoms with van der Waals surface area (Å²) in [6.45, 7) is 1.47. The van der Waals surface area contributed by atoms with E-state index in [1.165, 1.54) is 18.3 Å². The number of amides is 2. The van der Waals surface area contributed by atoms with Crippen molar-refractivity contribution in [2.75, 3.05) is 23.7 Å². The molecule has 2 aromatic carbocycles. The van der Waals surface area contributed by atoms with Crippen LogP contribution in [-0.4, -0.2) is 29.1 Å². The van der Waals surface area contributed by atoms with Crippen molar-refractivity contribution in [3.05, 3.63) is 74.9 Å². The van der Waals surface area contributed by atoms with Crippen LogP contribution in [0.25, 0.3) is 11.1 Å². The fourth-order valence-electron chi connectivity index (χ4n) is 3.07. The van der Waals surface area contributed by atoms with E-state index in [1.807, 2.05) is 0 Å². The first kappa shape index (κ1) is 26.1. The van der Waals surface area contributed by atoms with Crippen molar-refractivity contribution in [2.45, 2.75) is 19.1 Å². The number of nitrogens with zero attached hydrogens (tertiary/aromatic N) is 1. The number of halogens is 5. The molecule has 6 N–H and O–H groups in total. The molecule has 0 aliphatic rings. The number of hydrogen-bond acceptors (Lipinski definition) is 5. The molecule has 13 heteroatoms. The van der Waals surface area contributed by atoms with Gasteiger partial charge in [0.05, 0.1) is 16.1 Å². The monoisotopic (exact) mass is 512 g/mol. The summed E-state index contributed by atoms with van der Waals surface area (Å²) in [4.78, 5) is 30.8. The van der Waals surface area contributed by atoms with Crippen LogP contribution in [0.3, 0.4) is 0 Å². The minimum absolute atomic E-state index is 0.0602. The Morgan fingerprint density at radius 1 is 1.14 bits per heavy atom. The predicted molar refractivity (Wildman–Crippen MR) is 125 cm³/mol. The van der Waals surface area contributed by atoms with Gasteiger partial charge >= 0.3 is 12.2 Å². The average molecular weight is 513 g/mol. The minimum atomic E-state index is -4.70. The number of carbonyl (C=O) groups is 1. The molecular weight excluding hydrogens is 492 g/mol. The number of hydrogen-bond donors (Lipinski definition) is 5. The summed E-state index contributed by atoms with van der Waals surface area (Å²) in [6.07, 6.45) is -2.71. The van der Waals surface area contributed by atoms with E-state index in [1.54, 1.807) is 12.1 Å². The number of urea groups is 1. The highest BCUT2D eigenvalue weighted by atomic mass is 35.5. The third-order valence-electron chi connectivity index (χ3n) is 4.80. The molecule has 3 rings (SSSR count). The van der Waals surface area contributed by atoms with E-state index in [0.717, 1.165) is 12.5 Å². The van der Waals surface area contributed by atoms with Gasteiger partial charge in [0, 0.05) is 24.0 Å². The minimum Gasteiger partial charge on any atom is -0.331 e. The lowest BCUT2D eigenvalue weighted by Gasteiger charge is -2.12. The maximum atomic E-state index is 14.4. The fraction of sp³-hybridized carbons (Fsp3) is 0.227. The number of alkyl halides is 3. The second-order valence-corrected chi connectivity index (χ2v) is 7.77. The first-order valence-electron chi connectivity index (χ1n) is 10.3. The Kier molecular flexibility index (Phi) is 8.43. The summed E-state index contributed by atoms with van der Waals surface area (Å²) in [5.41, 5.74) is 4.13. The molecule has 8 nitrogen and oxygen atoms in total. The van der Waals surface area contributed by atoms with Gasteiger partial charge in [0.1, 0.15) is 5.82 Å². The van der Waals surface area contributed by atoms with Crippen LogP contribution in [-0.2, 0) is 12.7 Å². The summed E-state index contributed by atoms with van der Waals surface area (Å²) >= 11 is 5.55. The van der Waals surface area contributed by atoms with Crippen LogP contribution in [0.1, 0.15) is 17.5 Å². The molecule has 0 bridgehead atoms. The molecule has 0 saturated heterocycles. The second kappa shape index (κ2) is 11.3. The molecule has 186 valence electrons. The Bertz CT molecular complexity index is 1270. The average Bonchev–Trinajstić information content (AvgIpc) is 2.78. The van der Waals surface area contributed by atoms with E-state index in [0.29, 0.717) is 31.3 Å². The first-order chi connectivity index (χ1) is 16.6. The summed E-state index contributed by atoms with van der Waals surface area (Å²) < 4.78 is 53.3. The molecular formula is C22H21ClF4N6O2. The maximum absolute atomic E-state index is 14.4. The van der Waals surface area contributed by atoms with Crippen LogP contribution in [0.2, 0.25) is 5.02 Å². The van der Waals surface area contributed by atoms with Gasteiger partial charge in [0.15, 0.2) is 0 Å². The zero-order valence-electron chi connectivity index (χ0n) is 18.1. The topological polar surface area (TPSA) is 125 Å². The summed E-state index contributed by atoms with van der Waals surface area (Å²) in [6, 6.07) is 6.21. The van der Waals surface area contributed by atoms with Crippen LogP contribution >= 0.6 is 11.6 Å². The summed E-state index contributed by atoms with van der Waals surface area (Å²) in [5, 5.41) is 6.96. The van der Waals surface area contributed by atoms with Gasteiger partial charge in [-0.2, -0.15) is 18.2 Å². The normalized spacial score (nSPS) is 11.4. The molecule has 2 amide bonds. The van der Waals surface area contributed by atoms with Crippen molar-refractivity contribution >= 4 is 29.3 Å². The SMILES string of the molecule is NCCCNCc1ccc(-c2c[nH]c(NC(=O)Nc3ccc(Cl)c(C(F)(F)F)c3)nc2=O)cc1F. The molecule has 3 aromatic rings. The quantitative estimate of drug-likeness (QED) is 0.227. The number of aromatic nitrogens is 2. The Balaban J connectivity index is 1.68. The van der Waals surface area contributed by atoms with Crippen molar-refractivity contribution in [3.63, 3.8) is 0 Å². The van der Waals surface area contributed by atoms with Gasteiger partial charge in [-0.05, 0) is 49.3 Å². The molecule has 35 heavy (non-hydrogen) atoms. The fourth-order valence-corrected chi connectivity index (χ4v) is 3.29. The van der Waals surface area contributed by atoms with E-state index in [9.17, 15) is 27.2 Å². The number of aromatic amines is 1. The van der Waals surface area contributed by atoms with E-state index in [4.69, 9.17) is 17.3 Å². The molecule has 0 aliphatic carbocycles. The number of H-pyrrole nitrogens is 1. The van der Waals surface area contributed by atoms with Gasteiger partial charge in [-0.1, -0.05) is 23.7 Å². The standard InChI is InChI=1S/C22H21ClF4N6O2/c23-17-5-4-14(9-16(17)22(25,26)27)31-21(35)33-20-30-11-15(19(34)32-20)12-2-3-13(18(24)8-12)10-29-7-1-6-28/h2-5,8-9,11,29H,1,6-7,10,28H2,(H3,30,31,32,33,34,35). The Hall–Kier alpha value is -3.48. The van der Waals surface area contributed by atoms with Gasteiger partial charge in [-0.25, -0.2) is 9.18 Å². The second-order valence-electron chi connectivity index (χ2n) is 7.36. The van der Waals surface area contributed by atoms with Gasteiger partial charge in [-0.15, -0.1) is 0 Å². The zero-order valence-corrected chi connectivity index (χ0v) is 18.9. The third kappa shape index (κ3) is 7.01. The van der Waals surface area contributed by atoms with E-state index < -0.39 is 34.2 Å². The van der Waals surface area contributed by atoms with E-state index in [-0.39, 0.29) is 22.8 Å². The third-order valence-corrected chi connectivity index (χ3v) is 5.13. The highest BCUT2D eigenvalue weighted by Crippen LogP contribution is 2.36. The number of carbonyl (C=O) groups excluding carboxylic acids is 1.